The molecule has 0 spiro atoms. The van der Waals surface area contributed by atoms with Crippen molar-refractivity contribution >= 4 is 15.9 Å². The molecule has 0 atom stereocenters. The van der Waals surface area contributed by atoms with Gasteiger partial charge in [0, 0.05) is 19.1 Å². The monoisotopic (exact) mass is 463 g/mol. The summed E-state index contributed by atoms with van der Waals surface area (Å²) in [6, 6.07) is 3.62. The molecule has 0 aliphatic carbocycles. The second-order valence-electron chi connectivity index (χ2n) is 7.14. The number of rotatable bonds is 6. The van der Waals surface area contributed by atoms with Crippen molar-refractivity contribution in [1.29, 1.82) is 0 Å². The third-order valence-corrected chi connectivity index (χ3v) is 6.95. The first kappa shape index (κ1) is 23.1. The zero-order valence-corrected chi connectivity index (χ0v) is 17.4. The van der Waals surface area contributed by atoms with Crippen molar-refractivity contribution in [2.75, 3.05) is 18.8 Å². The molecule has 2 aromatic rings. The van der Waals surface area contributed by atoms with Crippen LogP contribution < -0.4 is 5.32 Å². The Labute approximate surface area is 176 Å². The molecule has 3 rings (SSSR count). The summed E-state index contributed by atoms with van der Waals surface area (Å²) < 4.78 is 80.1. The van der Waals surface area contributed by atoms with Crippen LogP contribution in [0.25, 0.3) is 5.69 Å². The molecule has 170 valence electrons. The smallest absolute Gasteiger partial charge is 0.348 e. The van der Waals surface area contributed by atoms with Crippen LogP contribution in [0.15, 0.2) is 24.3 Å². The highest BCUT2D eigenvalue weighted by atomic mass is 32.2. The van der Waals surface area contributed by atoms with Crippen LogP contribution in [0.1, 0.15) is 42.4 Å². The standard InChI is InChI=1S/C18H21F4N5O3S/c1-2-11-31(29,30)26-9-7-13(8-10-26)23-17(28)15-16(18(20,21)22)27(25-24-15)14-5-3-12(19)4-6-14/h3-6,13H,2,7-11H2,1H3,(H,23,28). The molecule has 1 aliphatic rings. The Kier molecular flexibility index (Phi) is 6.65. The Morgan fingerprint density at radius 1 is 1.19 bits per heavy atom. The fourth-order valence-corrected chi connectivity index (χ4v) is 4.91. The fourth-order valence-electron chi connectivity index (χ4n) is 3.37. The van der Waals surface area contributed by atoms with Gasteiger partial charge in [-0.15, -0.1) is 5.10 Å². The van der Waals surface area contributed by atoms with E-state index in [9.17, 15) is 30.8 Å². The molecule has 1 aliphatic heterocycles. The van der Waals surface area contributed by atoms with Gasteiger partial charge in [-0.2, -0.15) is 13.2 Å². The van der Waals surface area contributed by atoms with E-state index < -0.39 is 45.4 Å². The summed E-state index contributed by atoms with van der Waals surface area (Å²) in [6.07, 6.45) is -3.94. The predicted octanol–water partition coefficient (Wildman–Crippen LogP) is 2.36. The summed E-state index contributed by atoms with van der Waals surface area (Å²) in [5.74, 6) is -1.68. The summed E-state index contributed by atoms with van der Waals surface area (Å²) in [6.45, 7) is 2.09. The normalized spacial score (nSPS) is 16.4. The molecular weight excluding hydrogens is 442 g/mol. The summed E-state index contributed by atoms with van der Waals surface area (Å²) in [7, 11) is -3.37. The van der Waals surface area contributed by atoms with Crippen molar-refractivity contribution in [3.63, 3.8) is 0 Å². The van der Waals surface area contributed by atoms with Gasteiger partial charge in [0.1, 0.15) is 5.82 Å². The van der Waals surface area contributed by atoms with Crippen molar-refractivity contribution < 1.29 is 30.8 Å². The minimum absolute atomic E-state index is 0.0193. The number of hydrogen-bond acceptors (Lipinski definition) is 5. The lowest BCUT2D eigenvalue weighted by molar-refractivity contribution is -0.143. The number of benzene rings is 1. The molecule has 1 aromatic heterocycles. The van der Waals surface area contributed by atoms with E-state index in [1.165, 1.54) is 4.31 Å². The third kappa shape index (κ3) is 5.21. The van der Waals surface area contributed by atoms with Crippen LogP contribution in [0.4, 0.5) is 17.6 Å². The topological polar surface area (TPSA) is 97.2 Å². The van der Waals surface area contributed by atoms with Gasteiger partial charge in [0.25, 0.3) is 5.91 Å². The summed E-state index contributed by atoms with van der Waals surface area (Å²) >= 11 is 0. The molecule has 0 unspecified atom stereocenters. The van der Waals surface area contributed by atoms with Crippen LogP contribution >= 0.6 is 0 Å². The lowest BCUT2D eigenvalue weighted by atomic mass is 10.1. The number of nitrogens with zero attached hydrogens (tertiary/aromatic N) is 4. The van der Waals surface area contributed by atoms with E-state index in [0.29, 0.717) is 11.1 Å². The first-order valence-electron chi connectivity index (χ1n) is 9.60. The first-order valence-corrected chi connectivity index (χ1v) is 11.2. The number of carbonyl (C=O) groups excluding carboxylic acids is 1. The molecule has 1 aromatic carbocycles. The number of hydrogen-bond donors (Lipinski definition) is 1. The Balaban J connectivity index is 1.76. The molecular formula is C18H21F4N5O3S. The van der Waals surface area contributed by atoms with Gasteiger partial charge in [-0.1, -0.05) is 12.1 Å². The maximum Gasteiger partial charge on any atom is 0.435 e. The van der Waals surface area contributed by atoms with Crippen LogP contribution in [0, 0.1) is 5.82 Å². The Bertz CT molecular complexity index is 1030. The Hall–Kier alpha value is -2.54. The molecule has 1 amide bonds. The van der Waals surface area contributed by atoms with Gasteiger partial charge in [-0.25, -0.2) is 21.8 Å². The van der Waals surface area contributed by atoms with E-state index >= 15 is 0 Å². The summed E-state index contributed by atoms with van der Waals surface area (Å²) in [5.41, 5.74) is -2.38. The van der Waals surface area contributed by atoms with Gasteiger partial charge in [-0.05, 0) is 43.5 Å². The van der Waals surface area contributed by atoms with Gasteiger partial charge in [-0.3, -0.25) is 4.79 Å². The summed E-state index contributed by atoms with van der Waals surface area (Å²) in [5, 5.41) is 9.33. The molecule has 2 heterocycles. The molecule has 31 heavy (non-hydrogen) atoms. The van der Waals surface area contributed by atoms with E-state index in [0.717, 1.165) is 24.3 Å². The quantitative estimate of drug-likeness (QED) is 0.664. The first-order chi connectivity index (χ1) is 14.5. The highest BCUT2D eigenvalue weighted by Crippen LogP contribution is 2.33. The van der Waals surface area contributed by atoms with E-state index in [1.54, 1.807) is 6.92 Å². The number of alkyl halides is 3. The Morgan fingerprint density at radius 3 is 2.35 bits per heavy atom. The molecule has 8 nitrogen and oxygen atoms in total. The van der Waals surface area contributed by atoms with Gasteiger partial charge < -0.3 is 5.32 Å². The second-order valence-corrected chi connectivity index (χ2v) is 9.22. The number of sulfonamides is 1. The van der Waals surface area contributed by atoms with Crippen LogP contribution in [-0.2, 0) is 16.2 Å². The number of carbonyl (C=O) groups is 1. The molecule has 0 saturated carbocycles. The minimum atomic E-state index is -4.94. The highest BCUT2D eigenvalue weighted by Gasteiger charge is 2.42. The second kappa shape index (κ2) is 8.91. The maximum atomic E-state index is 13.7. The van der Waals surface area contributed by atoms with Crippen LogP contribution in [-0.4, -0.2) is 58.5 Å². The fraction of sp³-hybridized carbons (Fsp3) is 0.500. The van der Waals surface area contributed by atoms with Crippen molar-refractivity contribution in [2.24, 2.45) is 0 Å². The van der Waals surface area contributed by atoms with Crippen molar-refractivity contribution in [3.05, 3.63) is 41.5 Å². The van der Waals surface area contributed by atoms with E-state index in [4.69, 9.17) is 0 Å². The lowest BCUT2D eigenvalue weighted by Gasteiger charge is -2.31. The molecule has 1 fully saturated rings. The maximum absolute atomic E-state index is 13.7. The predicted molar refractivity (Wildman–Crippen MR) is 102 cm³/mol. The SMILES string of the molecule is CCCS(=O)(=O)N1CCC(NC(=O)c2nnn(-c3ccc(F)cc3)c2C(F)(F)F)CC1. The van der Waals surface area contributed by atoms with Gasteiger partial charge >= 0.3 is 6.18 Å². The molecule has 0 bridgehead atoms. The van der Waals surface area contributed by atoms with Gasteiger partial charge in [0.15, 0.2) is 11.4 Å². The minimum Gasteiger partial charge on any atom is -0.348 e. The molecule has 1 N–H and O–H groups in total. The Morgan fingerprint density at radius 2 is 1.81 bits per heavy atom. The van der Waals surface area contributed by atoms with Crippen LogP contribution in [0.3, 0.4) is 0 Å². The molecule has 13 heteroatoms. The zero-order chi connectivity index (χ0) is 22.8. The van der Waals surface area contributed by atoms with Crippen LogP contribution in [0.2, 0.25) is 0 Å². The number of piperidine rings is 1. The van der Waals surface area contributed by atoms with Gasteiger partial charge in [0.05, 0.1) is 11.4 Å². The van der Waals surface area contributed by atoms with E-state index in [-0.39, 0.29) is 37.4 Å². The summed E-state index contributed by atoms with van der Waals surface area (Å²) in [4.78, 5) is 12.5. The highest BCUT2D eigenvalue weighted by molar-refractivity contribution is 7.89. The molecule has 1 saturated heterocycles. The average Bonchev–Trinajstić information content (AvgIpc) is 3.15. The van der Waals surface area contributed by atoms with E-state index in [1.807, 2.05) is 0 Å². The zero-order valence-electron chi connectivity index (χ0n) is 16.6. The van der Waals surface area contributed by atoms with Crippen molar-refractivity contribution in [2.45, 2.75) is 38.4 Å². The molecule has 0 radical (unpaired) electrons. The number of nitrogens with one attached hydrogen (secondary N) is 1. The largest absolute Gasteiger partial charge is 0.435 e. The third-order valence-electron chi connectivity index (χ3n) is 4.87. The number of halogens is 4. The van der Waals surface area contributed by atoms with E-state index in [2.05, 4.69) is 15.6 Å². The lowest BCUT2D eigenvalue weighted by Crippen LogP contribution is -2.47. The van der Waals surface area contributed by atoms with Crippen molar-refractivity contribution in [3.8, 4) is 5.69 Å². The number of aromatic nitrogens is 3. The van der Waals surface area contributed by atoms with Crippen molar-refractivity contribution in [1.82, 2.24) is 24.6 Å². The van der Waals surface area contributed by atoms with Gasteiger partial charge in [0.2, 0.25) is 10.0 Å². The number of amides is 1. The van der Waals surface area contributed by atoms with Crippen LogP contribution in [0.5, 0.6) is 0 Å². The average molecular weight is 463 g/mol.